The second-order valence-electron chi connectivity index (χ2n) is 7.95. The van der Waals surface area contributed by atoms with Crippen LogP contribution in [0, 0.1) is 6.92 Å². The molecule has 1 N–H and O–H groups in total. The number of nitrogens with one attached hydrogen (secondary N) is 1. The number of rotatable bonds is 8. The zero-order valence-corrected chi connectivity index (χ0v) is 18.5. The van der Waals surface area contributed by atoms with Gasteiger partial charge in [-0.05, 0) is 63.4 Å². The lowest BCUT2D eigenvalue weighted by molar-refractivity contribution is 0.0920. The Bertz CT molecular complexity index is 997. The zero-order valence-electron chi connectivity index (χ0n) is 17.6. The van der Waals surface area contributed by atoms with E-state index in [0.29, 0.717) is 29.3 Å². The SMILES string of the molecule is Cc1cccc2oc(SCc3ccc(C(=O)NCCCN4CCCCC4C)o3)nc12. The molecule has 4 rings (SSSR count). The van der Waals surface area contributed by atoms with Crippen molar-refractivity contribution in [2.75, 3.05) is 19.6 Å². The molecule has 0 spiro atoms. The lowest BCUT2D eigenvalue weighted by Gasteiger charge is -2.33. The van der Waals surface area contributed by atoms with Gasteiger partial charge in [0, 0.05) is 19.1 Å². The average Bonchev–Trinajstić information content (AvgIpc) is 3.38. The van der Waals surface area contributed by atoms with E-state index in [1.165, 1.54) is 37.6 Å². The Morgan fingerprint density at radius 3 is 3.00 bits per heavy atom. The zero-order chi connectivity index (χ0) is 20.9. The van der Waals surface area contributed by atoms with Crippen molar-refractivity contribution in [3.05, 3.63) is 47.4 Å². The summed E-state index contributed by atoms with van der Waals surface area (Å²) in [7, 11) is 0. The second kappa shape index (κ2) is 9.71. The summed E-state index contributed by atoms with van der Waals surface area (Å²) in [6.45, 7) is 7.18. The molecule has 6 nitrogen and oxygen atoms in total. The van der Waals surface area contributed by atoms with Crippen molar-refractivity contribution in [2.45, 2.75) is 56.5 Å². The molecule has 7 heteroatoms. The first-order valence-electron chi connectivity index (χ1n) is 10.7. The Morgan fingerprint density at radius 2 is 2.17 bits per heavy atom. The summed E-state index contributed by atoms with van der Waals surface area (Å²) in [4.78, 5) is 19.4. The topological polar surface area (TPSA) is 71.5 Å². The molecule has 30 heavy (non-hydrogen) atoms. The van der Waals surface area contributed by atoms with E-state index in [1.54, 1.807) is 6.07 Å². The van der Waals surface area contributed by atoms with Gasteiger partial charge in [-0.1, -0.05) is 30.3 Å². The first-order chi connectivity index (χ1) is 14.6. The Hall–Kier alpha value is -2.25. The van der Waals surface area contributed by atoms with Crippen molar-refractivity contribution >= 4 is 28.8 Å². The first kappa shape index (κ1) is 21.0. The van der Waals surface area contributed by atoms with Crippen molar-refractivity contribution in [3.8, 4) is 0 Å². The number of benzene rings is 1. The predicted molar refractivity (Wildman–Crippen MR) is 119 cm³/mol. The molecule has 1 aliphatic heterocycles. The van der Waals surface area contributed by atoms with Crippen LogP contribution in [-0.4, -0.2) is 41.5 Å². The number of hydrogen-bond donors (Lipinski definition) is 1. The smallest absolute Gasteiger partial charge is 0.286 e. The van der Waals surface area contributed by atoms with E-state index in [9.17, 15) is 4.79 Å². The second-order valence-corrected chi connectivity index (χ2v) is 8.87. The van der Waals surface area contributed by atoms with Crippen LogP contribution in [0.2, 0.25) is 0 Å². The van der Waals surface area contributed by atoms with Gasteiger partial charge in [-0.25, -0.2) is 4.98 Å². The van der Waals surface area contributed by atoms with Crippen molar-refractivity contribution in [3.63, 3.8) is 0 Å². The summed E-state index contributed by atoms with van der Waals surface area (Å²) in [5, 5.41) is 3.57. The lowest BCUT2D eigenvalue weighted by Crippen LogP contribution is -2.39. The third kappa shape index (κ3) is 5.08. The van der Waals surface area contributed by atoms with Crippen LogP contribution < -0.4 is 5.32 Å². The van der Waals surface area contributed by atoms with Crippen molar-refractivity contribution < 1.29 is 13.6 Å². The molecule has 1 amide bonds. The van der Waals surface area contributed by atoms with E-state index < -0.39 is 0 Å². The lowest BCUT2D eigenvalue weighted by atomic mass is 10.0. The van der Waals surface area contributed by atoms with E-state index in [0.717, 1.165) is 35.4 Å². The molecule has 0 saturated carbocycles. The third-order valence-electron chi connectivity index (χ3n) is 5.67. The molecule has 3 aromatic rings. The summed E-state index contributed by atoms with van der Waals surface area (Å²) < 4.78 is 11.5. The molecule has 3 heterocycles. The average molecular weight is 428 g/mol. The van der Waals surface area contributed by atoms with E-state index in [2.05, 4.69) is 22.1 Å². The molecular weight excluding hydrogens is 398 g/mol. The van der Waals surface area contributed by atoms with E-state index in [4.69, 9.17) is 8.83 Å². The number of oxazole rings is 1. The third-order valence-corrected chi connectivity index (χ3v) is 6.52. The number of para-hydroxylation sites is 1. The fraction of sp³-hybridized carbons (Fsp3) is 0.478. The number of likely N-dealkylation sites (tertiary alicyclic amines) is 1. The quantitative estimate of drug-likeness (QED) is 0.402. The highest BCUT2D eigenvalue weighted by molar-refractivity contribution is 7.98. The largest absolute Gasteiger partial charge is 0.455 e. The minimum atomic E-state index is -0.157. The van der Waals surface area contributed by atoms with Gasteiger partial charge in [-0.15, -0.1) is 0 Å². The number of thioether (sulfide) groups is 1. The molecule has 1 unspecified atom stereocenters. The van der Waals surface area contributed by atoms with Crippen molar-refractivity contribution in [1.29, 1.82) is 0 Å². The molecule has 1 saturated heterocycles. The van der Waals surface area contributed by atoms with Gasteiger partial charge >= 0.3 is 0 Å². The van der Waals surface area contributed by atoms with Gasteiger partial charge in [0.1, 0.15) is 11.3 Å². The number of nitrogens with zero attached hydrogens (tertiary/aromatic N) is 2. The number of aryl methyl sites for hydroxylation is 1. The molecule has 1 fully saturated rings. The van der Waals surface area contributed by atoms with Crippen LogP contribution in [0.15, 0.2) is 44.4 Å². The molecular formula is C23H29N3O3S. The number of piperidine rings is 1. The monoisotopic (exact) mass is 427 g/mol. The highest BCUT2D eigenvalue weighted by Crippen LogP contribution is 2.28. The molecule has 0 aliphatic carbocycles. The molecule has 2 aromatic heterocycles. The number of carbonyl (C=O) groups excluding carboxylic acids is 1. The fourth-order valence-corrected chi connectivity index (χ4v) is 4.62. The fourth-order valence-electron chi connectivity index (χ4n) is 3.90. The number of hydrogen-bond acceptors (Lipinski definition) is 6. The van der Waals surface area contributed by atoms with E-state index >= 15 is 0 Å². The van der Waals surface area contributed by atoms with Gasteiger partial charge in [0.05, 0.1) is 5.75 Å². The number of aromatic nitrogens is 1. The summed E-state index contributed by atoms with van der Waals surface area (Å²) in [5.74, 6) is 1.48. The number of fused-ring (bicyclic) bond motifs is 1. The Balaban J connectivity index is 1.23. The van der Waals surface area contributed by atoms with Crippen LogP contribution >= 0.6 is 11.8 Å². The molecule has 0 radical (unpaired) electrons. The molecule has 1 atom stereocenters. The molecule has 0 bridgehead atoms. The minimum absolute atomic E-state index is 0.157. The highest BCUT2D eigenvalue weighted by atomic mass is 32.2. The number of carbonyl (C=O) groups is 1. The minimum Gasteiger partial charge on any atom is -0.455 e. The standard InChI is InChI=1S/C23H29N3O3S/c1-16-7-5-9-19-21(16)25-23(29-19)30-15-18-10-11-20(28-18)22(27)24-12-6-14-26-13-4-3-8-17(26)2/h5,7,9-11,17H,3-4,6,8,12-15H2,1-2H3,(H,24,27). The van der Waals surface area contributed by atoms with Crippen LogP contribution in [0.25, 0.3) is 11.1 Å². The Kier molecular flexibility index (Phi) is 6.79. The summed E-state index contributed by atoms with van der Waals surface area (Å²) >= 11 is 1.46. The molecule has 1 aromatic carbocycles. The van der Waals surface area contributed by atoms with Crippen molar-refractivity contribution in [2.24, 2.45) is 0 Å². The summed E-state index contributed by atoms with van der Waals surface area (Å²) in [6.07, 6.45) is 4.85. The van der Waals surface area contributed by atoms with E-state index in [1.807, 2.05) is 31.2 Å². The maximum atomic E-state index is 12.3. The van der Waals surface area contributed by atoms with Gasteiger partial charge in [-0.3, -0.25) is 4.79 Å². The highest BCUT2D eigenvalue weighted by Gasteiger charge is 2.18. The van der Waals surface area contributed by atoms with Gasteiger partial charge in [0.25, 0.3) is 11.1 Å². The van der Waals surface area contributed by atoms with Crippen LogP contribution in [0.4, 0.5) is 0 Å². The normalized spacial score (nSPS) is 17.5. The Morgan fingerprint density at radius 1 is 1.27 bits per heavy atom. The molecule has 160 valence electrons. The van der Waals surface area contributed by atoms with Gasteiger partial charge in [0.2, 0.25) is 0 Å². The summed E-state index contributed by atoms with van der Waals surface area (Å²) in [6, 6.07) is 10.1. The van der Waals surface area contributed by atoms with Crippen molar-refractivity contribution in [1.82, 2.24) is 15.2 Å². The number of furan rings is 1. The first-order valence-corrected chi connectivity index (χ1v) is 11.7. The summed E-state index contributed by atoms with van der Waals surface area (Å²) in [5.41, 5.74) is 2.77. The van der Waals surface area contributed by atoms with Crippen LogP contribution in [0.1, 0.15) is 54.5 Å². The number of amides is 1. The van der Waals surface area contributed by atoms with Crippen LogP contribution in [0.5, 0.6) is 0 Å². The molecule has 1 aliphatic rings. The van der Waals surface area contributed by atoms with Crippen LogP contribution in [-0.2, 0) is 5.75 Å². The maximum absolute atomic E-state index is 12.3. The van der Waals surface area contributed by atoms with Gasteiger partial charge in [0.15, 0.2) is 11.3 Å². The Labute approximate surface area is 181 Å². The maximum Gasteiger partial charge on any atom is 0.286 e. The van der Waals surface area contributed by atoms with Gasteiger partial charge in [-0.2, -0.15) is 0 Å². The van der Waals surface area contributed by atoms with Crippen LogP contribution in [0.3, 0.4) is 0 Å². The van der Waals surface area contributed by atoms with E-state index in [-0.39, 0.29) is 5.91 Å². The van der Waals surface area contributed by atoms with Gasteiger partial charge < -0.3 is 19.1 Å². The predicted octanol–water partition coefficient (Wildman–Crippen LogP) is 5.02.